The Kier molecular flexibility index (Phi) is 6.73. The topological polar surface area (TPSA) is 54.7 Å². The standard InChI is InChI=1S/C26H30N2O3/c1-19-5-8-21(9-6-19)17-27-26(29)22-10-12-25-23(16-22)18-28(14-15-30-25)13-3-4-24-11-7-20(2)31-24/h5-12,16H,3-4,13-15,17-18H2,1-2H3,(H,27,29). The molecule has 3 aromatic rings. The number of nitrogens with zero attached hydrogens (tertiary/aromatic N) is 1. The zero-order valence-electron chi connectivity index (χ0n) is 18.3. The Bertz CT molecular complexity index is 1020. The van der Waals surface area contributed by atoms with Crippen LogP contribution in [0.2, 0.25) is 0 Å². The Morgan fingerprint density at radius 2 is 1.90 bits per heavy atom. The number of ether oxygens (including phenoxy) is 1. The molecule has 0 saturated carbocycles. The molecule has 31 heavy (non-hydrogen) atoms. The van der Waals surface area contributed by atoms with Gasteiger partial charge in [0.15, 0.2) is 0 Å². The number of rotatable bonds is 7. The minimum Gasteiger partial charge on any atom is -0.492 e. The van der Waals surface area contributed by atoms with Crippen LogP contribution >= 0.6 is 0 Å². The number of benzene rings is 2. The molecule has 1 aliphatic heterocycles. The lowest BCUT2D eigenvalue weighted by atomic mass is 10.1. The van der Waals surface area contributed by atoms with Crippen molar-refractivity contribution in [2.75, 3.05) is 19.7 Å². The highest BCUT2D eigenvalue weighted by Crippen LogP contribution is 2.25. The molecule has 1 N–H and O–H groups in total. The molecule has 2 aromatic carbocycles. The maximum Gasteiger partial charge on any atom is 0.251 e. The van der Waals surface area contributed by atoms with E-state index in [0.29, 0.717) is 18.7 Å². The summed E-state index contributed by atoms with van der Waals surface area (Å²) in [5.74, 6) is 2.81. The van der Waals surface area contributed by atoms with Gasteiger partial charge >= 0.3 is 0 Å². The predicted octanol–water partition coefficient (Wildman–Crippen LogP) is 4.65. The lowest BCUT2D eigenvalue weighted by molar-refractivity contribution is 0.0950. The fourth-order valence-corrected chi connectivity index (χ4v) is 3.87. The largest absolute Gasteiger partial charge is 0.492 e. The maximum absolute atomic E-state index is 12.7. The number of fused-ring (bicyclic) bond motifs is 1. The van der Waals surface area contributed by atoms with Gasteiger partial charge in [-0.1, -0.05) is 29.8 Å². The van der Waals surface area contributed by atoms with Crippen LogP contribution in [0.1, 0.15) is 45.0 Å². The lowest BCUT2D eigenvalue weighted by Gasteiger charge is -2.19. The van der Waals surface area contributed by atoms with E-state index in [2.05, 4.69) is 35.3 Å². The van der Waals surface area contributed by atoms with E-state index >= 15 is 0 Å². The lowest BCUT2D eigenvalue weighted by Crippen LogP contribution is -2.27. The van der Waals surface area contributed by atoms with E-state index in [4.69, 9.17) is 9.15 Å². The summed E-state index contributed by atoms with van der Waals surface area (Å²) < 4.78 is 11.6. The summed E-state index contributed by atoms with van der Waals surface area (Å²) in [5, 5.41) is 3.02. The van der Waals surface area contributed by atoms with Crippen LogP contribution in [-0.2, 0) is 19.5 Å². The second kappa shape index (κ2) is 9.84. The van der Waals surface area contributed by atoms with Gasteiger partial charge in [-0.05, 0) is 62.7 Å². The highest BCUT2D eigenvalue weighted by atomic mass is 16.5. The Balaban J connectivity index is 1.35. The molecule has 0 spiro atoms. The third-order valence-corrected chi connectivity index (χ3v) is 5.65. The molecule has 1 aromatic heterocycles. The Morgan fingerprint density at radius 3 is 2.68 bits per heavy atom. The van der Waals surface area contributed by atoms with Gasteiger partial charge in [0, 0.05) is 37.2 Å². The summed E-state index contributed by atoms with van der Waals surface area (Å²) in [5.41, 5.74) is 4.04. The van der Waals surface area contributed by atoms with Crippen LogP contribution in [0.25, 0.3) is 0 Å². The molecule has 2 heterocycles. The van der Waals surface area contributed by atoms with Gasteiger partial charge < -0.3 is 14.5 Å². The van der Waals surface area contributed by atoms with Gasteiger partial charge in [-0.3, -0.25) is 9.69 Å². The molecule has 1 amide bonds. The van der Waals surface area contributed by atoms with Crippen molar-refractivity contribution in [1.29, 1.82) is 0 Å². The van der Waals surface area contributed by atoms with Crippen LogP contribution in [0.5, 0.6) is 5.75 Å². The monoisotopic (exact) mass is 418 g/mol. The molecule has 0 aliphatic carbocycles. The number of carbonyl (C=O) groups excluding carboxylic acids is 1. The van der Waals surface area contributed by atoms with Gasteiger partial charge in [0.1, 0.15) is 23.9 Å². The Morgan fingerprint density at radius 1 is 1.06 bits per heavy atom. The highest BCUT2D eigenvalue weighted by Gasteiger charge is 2.17. The average molecular weight is 419 g/mol. The zero-order valence-corrected chi connectivity index (χ0v) is 18.3. The van der Waals surface area contributed by atoms with Gasteiger partial charge in [0.2, 0.25) is 0 Å². The minimum absolute atomic E-state index is 0.0626. The van der Waals surface area contributed by atoms with Crippen molar-refractivity contribution >= 4 is 5.91 Å². The second-order valence-electron chi connectivity index (χ2n) is 8.23. The molecule has 162 valence electrons. The van der Waals surface area contributed by atoms with E-state index in [0.717, 1.165) is 60.9 Å². The molecule has 0 fully saturated rings. The molecular formula is C26H30N2O3. The molecular weight excluding hydrogens is 388 g/mol. The number of furan rings is 1. The van der Waals surface area contributed by atoms with Gasteiger partial charge in [-0.25, -0.2) is 0 Å². The number of aryl methyl sites for hydroxylation is 3. The summed E-state index contributed by atoms with van der Waals surface area (Å²) in [6.07, 6.45) is 1.96. The van der Waals surface area contributed by atoms with Crippen molar-refractivity contribution in [3.8, 4) is 5.75 Å². The summed E-state index contributed by atoms with van der Waals surface area (Å²) in [6.45, 7) is 7.83. The van der Waals surface area contributed by atoms with E-state index in [1.54, 1.807) is 0 Å². The van der Waals surface area contributed by atoms with Crippen molar-refractivity contribution in [2.45, 2.75) is 39.8 Å². The number of amides is 1. The number of hydrogen-bond donors (Lipinski definition) is 1. The van der Waals surface area contributed by atoms with Crippen molar-refractivity contribution in [2.24, 2.45) is 0 Å². The molecule has 0 saturated heterocycles. The quantitative estimate of drug-likeness (QED) is 0.607. The van der Waals surface area contributed by atoms with Gasteiger partial charge in [0.05, 0.1) is 0 Å². The smallest absolute Gasteiger partial charge is 0.251 e. The van der Waals surface area contributed by atoms with Crippen LogP contribution in [0.3, 0.4) is 0 Å². The fraction of sp³-hybridized carbons (Fsp3) is 0.346. The average Bonchev–Trinajstić information content (AvgIpc) is 3.07. The van der Waals surface area contributed by atoms with E-state index in [-0.39, 0.29) is 5.91 Å². The van der Waals surface area contributed by atoms with E-state index in [1.807, 2.05) is 43.3 Å². The summed E-state index contributed by atoms with van der Waals surface area (Å²) in [4.78, 5) is 15.1. The zero-order chi connectivity index (χ0) is 21.6. The van der Waals surface area contributed by atoms with Crippen LogP contribution in [0.15, 0.2) is 59.0 Å². The molecule has 5 heteroatoms. The summed E-state index contributed by atoms with van der Waals surface area (Å²) >= 11 is 0. The first kappa shape index (κ1) is 21.2. The first-order valence-electron chi connectivity index (χ1n) is 10.9. The van der Waals surface area contributed by atoms with E-state index in [1.165, 1.54) is 5.56 Å². The number of carbonyl (C=O) groups is 1. The minimum atomic E-state index is -0.0626. The molecule has 0 radical (unpaired) electrons. The van der Waals surface area contributed by atoms with Crippen molar-refractivity contribution in [3.63, 3.8) is 0 Å². The maximum atomic E-state index is 12.7. The number of nitrogens with one attached hydrogen (secondary N) is 1. The highest BCUT2D eigenvalue weighted by molar-refractivity contribution is 5.94. The van der Waals surface area contributed by atoms with Crippen LogP contribution < -0.4 is 10.1 Å². The third kappa shape index (κ3) is 5.76. The first-order valence-corrected chi connectivity index (χ1v) is 10.9. The van der Waals surface area contributed by atoms with Gasteiger partial charge in [0.25, 0.3) is 5.91 Å². The molecule has 4 rings (SSSR count). The van der Waals surface area contributed by atoms with Crippen molar-refractivity contribution in [1.82, 2.24) is 10.2 Å². The van der Waals surface area contributed by atoms with Crippen molar-refractivity contribution < 1.29 is 13.9 Å². The summed E-state index contributed by atoms with van der Waals surface area (Å²) in [6, 6.07) is 18.0. The fourth-order valence-electron chi connectivity index (χ4n) is 3.87. The molecule has 1 aliphatic rings. The van der Waals surface area contributed by atoms with Crippen LogP contribution in [-0.4, -0.2) is 30.5 Å². The molecule has 0 unspecified atom stereocenters. The normalized spacial score (nSPS) is 13.9. The first-order chi connectivity index (χ1) is 15.1. The number of hydrogen-bond acceptors (Lipinski definition) is 4. The molecule has 0 bridgehead atoms. The third-order valence-electron chi connectivity index (χ3n) is 5.65. The SMILES string of the molecule is Cc1ccc(CNC(=O)c2ccc3c(c2)CN(CCCc2ccc(C)o2)CCO3)cc1. The van der Waals surface area contributed by atoms with Crippen molar-refractivity contribution in [3.05, 3.63) is 88.4 Å². The Labute approximate surface area is 184 Å². The molecule has 5 nitrogen and oxygen atoms in total. The van der Waals surface area contributed by atoms with Crippen LogP contribution in [0.4, 0.5) is 0 Å². The van der Waals surface area contributed by atoms with Gasteiger partial charge in [-0.2, -0.15) is 0 Å². The van der Waals surface area contributed by atoms with E-state index in [9.17, 15) is 4.79 Å². The summed E-state index contributed by atoms with van der Waals surface area (Å²) in [7, 11) is 0. The van der Waals surface area contributed by atoms with Crippen LogP contribution in [0, 0.1) is 13.8 Å². The van der Waals surface area contributed by atoms with Gasteiger partial charge in [-0.15, -0.1) is 0 Å². The second-order valence-corrected chi connectivity index (χ2v) is 8.23. The molecule has 0 atom stereocenters. The van der Waals surface area contributed by atoms with E-state index < -0.39 is 0 Å². The predicted molar refractivity (Wildman–Crippen MR) is 121 cm³/mol. The Hall–Kier alpha value is -3.05.